The van der Waals surface area contributed by atoms with E-state index in [0.717, 1.165) is 49.0 Å². The first-order valence-electron chi connectivity index (χ1n) is 9.90. The molecule has 2 aliphatic rings. The lowest BCUT2D eigenvalue weighted by molar-refractivity contribution is -0.123. The number of amides is 1. The van der Waals surface area contributed by atoms with E-state index >= 15 is 0 Å². The molecule has 0 radical (unpaired) electrons. The van der Waals surface area contributed by atoms with Gasteiger partial charge in [0.2, 0.25) is 5.91 Å². The number of nitrogens with zero attached hydrogens (tertiary/aromatic N) is 1. The number of ketones is 1. The number of nitrogens with one attached hydrogen (secondary N) is 2. The van der Waals surface area contributed by atoms with E-state index in [2.05, 4.69) is 31.3 Å². The summed E-state index contributed by atoms with van der Waals surface area (Å²) >= 11 is 0. The van der Waals surface area contributed by atoms with Crippen LogP contribution in [0.25, 0.3) is 0 Å². The molecule has 2 N–H and O–H groups in total. The lowest BCUT2D eigenvalue weighted by Crippen LogP contribution is -2.39. The minimum atomic E-state index is -0.493. The largest absolute Gasteiger partial charge is 0.308 e. The third-order valence-electron chi connectivity index (χ3n) is 5.82. The summed E-state index contributed by atoms with van der Waals surface area (Å²) in [4.78, 5) is 27.1. The highest BCUT2D eigenvalue weighted by atomic mass is 16.2. The number of hydrogen-bond acceptors (Lipinski definition) is 4. The second kappa shape index (κ2) is 7.99. The van der Waals surface area contributed by atoms with Gasteiger partial charge in [-0.3, -0.25) is 15.0 Å². The minimum Gasteiger partial charge on any atom is -0.308 e. The van der Waals surface area contributed by atoms with Crippen LogP contribution in [0, 0.1) is 0 Å². The fourth-order valence-electron chi connectivity index (χ4n) is 4.14. The van der Waals surface area contributed by atoms with Crippen molar-refractivity contribution in [1.29, 1.82) is 0 Å². The summed E-state index contributed by atoms with van der Waals surface area (Å²) in [5.74, 6) is 0.291. The number of rotatable bonds is 7. The Morgan fingerprint density at radius 1 is 1.19 bits per heavy atom. The zero-order chi connectivity index (χ0) is 19.4. The van der Waals surface area contributed by atoms with Crippen molar-refractivity contribution in [2.75, 3.05) is 16.9 Å². The fraction of sp³-hybridized carbons (Fsp3) is 0.455. The highest BCUT2D eigenvalue weighted by Crippen LogP contribution is 2.47. The first-order chi connectivity index (χ1) is 13.1. The Kier molecular flexibility index (Phi) is 5.68. The van der Waals surface area contributed by atoms with Gasteiger partial charge in [-0.05, 0) is 55.9 Å². The molecule has 0 atom stereocenters. The molecule has 1 aliphatic carbocycles. The lowest BCUT2D eigenvalue weighted by Gasteiger charge is -2.26. The SMILES string of the molecule is C=CCN1C(=O)C(CC)(CC)c2cc(NNC3=CCCCCC3=O)ccc21. The zero-order valence-electron chi connectivity index (χ0n) is 16.3. The molecule has 144 valence electrons. The van der Waals surface area contributed by atoms with Gasteiger partial charge in [-0.2, -0.15) is 0 Å². The molecule has 1 heterocycles. The summed E-state index contributed by atoms with van der Waals surface area (Å²) in [5, 5.41) is 0. The smallest absolute Gasteiger partial charge is 0.237 e. The molecular formula is C22H29N3O2. The van der Waals surface area contributed by atoms with Crippen molar-refractivity contribution in [2.24, 2.45) is 0 Å². The van der Waals surface area contributed by atoms with E-state index in [9.17, 15) is 9.59 Å². The molecule has 0 saturated heterocycles. The fourth-order valence-corrected chi connectivity index (χ4v) is 4.14. The van der Waals surface area contributed by atoms with E-state index in [-0.39, 0.29) is 11.7 Å². The number of benzene rings is 1. The van der Waals surface area contributed by atoms with Gasteiger partial charge in [0.25, 0.3) is 0 Å². The van der Waals surface area contributed by atoms with Gasteiger partial charge in [-0.15, -0.1) is 6.58 Å². The molecular weight excluding hydrogens is 338 g/mol. The van der Waals surface area contributed by atoms with Crippen LogP contribution < -0.4 is 15.8 Å². The molecule has 5 nitrogen and oxygen atoms in total. The highest BCUT2D eigenvalue weighted by Gasteiger charge is 2.48. The van der Waals surface area contributed by atoms with Crippen LogP contribution in [-0.2, 0) is 15.0 Å². The number of carbonyl (C=O) groups excluding carboxylic acids is 2. The molecule has 0 unspecified atom stereocenters. The van der Waals surface area contributed by atoms with E-state index < -0.39 is 5.41 Å². The summed E-state index contributed by atoms with van der Waals surface area (Å²) in [6, 6.07) is 5.97. The van der Waals surface area contributed by atoms with Crippen LogP contribution in [0.5, 0.6) is 0 Å². The monoisotopic (exact) mass is 367 g/mol. The van der Waals surface area contributed by atoms with Gasteiger partial charge in [0.05, 0.1) is 16.8 Å². The topological polar surface area (TPSA) is 61.4 Å². The van der Waals surface area contributed by atoms with E-state index in [1.54, 1.807) is 6.08 Å². The number of hydrazine groups is 1. The second-order valence-corrected chi connectivity index (χ2v) is 7.26. The van der Waals surface area contributed by atoms with Crippen LogP contribution >= 0.6 is 0 Å². The Balaban J connectivity index is 1.88. The number of allylic oxidation sites excluding steroid dienone is 2. The zero-order valence-corrected chi connectivity index (χ0v) is 16.3. The molecule has 1 aromatic rings. The maximum absolute atomic E-state index is 13.1. The highest BCUT2D eigenvalue weighted by molar-refractivity contribution is 6.08. The molecule has 1 amide bonds. The summed E-state index contributed by atoms with van der Waals surface area (Å²) < 4.78 is 0. The van der Waals surface area contributed by atoms with Crippen LogP contribution in [0.1, 0.15) is 57.9 Å². The molecule has 0 spiro atoms. The summed E-state index contributed by atoms with van der Waals surface area (Å²) in [6.45, 7) is 8.43. The van der Waals surface area contributed by atoms with Crippen molar-refractivity contribution >= 4 is 23.1 Å². The second-order valence-electron chi connectivity index (χ2n) is 7.26. The third kappa shape index (κ3) is 3.38. The molecule has 0 aromatic heterocycles. The molecule has 1 aromatic carbocycles. The minimum absolute atomic E-state index is 0.143. The first-order valence-corrected chi connectivity index (χ1v) is 9.90. The molecule has 0 fully saturated rings. The van der Waals surface area contributed by atoms with Gasteiger partial charge in [0, 0.05) is 18.7 Å². The average molecular weight is 367 g/mol. The molecule has 3 rings (SSSR count). The van der Waals surface area contributed by atoms with Gasteiger partial charge in [-0.25, -0.2) is 0 Å². The number of fused-ring (bicyclic) bond motifs is 1. The van der Waals surface area contributed by atoms with Crippen LogP contribution in [0.2, 0.25) is 0 Å². The van der Waals surface area contributed by atoms with E-state index in [1.807, 2.05) is 29.2 Å². The van der Waals surface area contributed by atoms with Crippen molar-refractivity contribution in [1.82, 2.24) is 5.43 Å². The van der Waals surface area contributed by atoms with Gasteiger partial charge >= 0.3 is 0 Å². The van der Waals surface area contributed by atoms with E-state index in [4.69, 9.17) is 0 Å². The third-order valence-corrected chi connectivity index (χ3v) is 5.82. The summed E-state index contributed by atoms with van der Waals surface area (Å²) in [7, 11) is 0. The standard InChI is InChI=1S/C22H29N3O2/c1-4-14-25-19-13-12-16(15-17(19)22(5-2,6-3)21(25)27)23-24-18-10-8-7-9-11-20(18)26/h4,10,12-13,15,23-24H,1,5-9,11,14H2,2-3H3. The molecule has 5 heteroatoms. The van der Waals surface area contributed by atoms with Crippen molar-refractivity contribution in [3.8, 4) is 0 Å². The maximum Gasteiger partial charge on any atom is 0.237 e. The lowest BCUT2D eigenvalue weighted by atomic mass is 9.77. The van der Waals surface area contributed by atoms with Gasteiger partial charge in [0.15, 0.2) is 5.78 Å². The van der Waals surface area contributed by atoms with Gasteiger partial charge < -0.3 is 10.3 Å². The molecule has 0 saturated carbocycles. The van der Waals surface area contributed by atoms with Crippen LogP contribution in [0.3, 0.4) is 0 Å². The maximum atomic E-state index is 13.1. The molecule has 1 aliphatic heterocycles. The summed E-state index contributed by atoms with van der Waals surface area (Å²) in [5.41, 5.74) is 9.24. The number of hydrogen-bond donors (Lipinski definition) is 2. The van der Waals surface area contributed by atoms with Crippen molar-refractivity contribution in [3.05, 3.63) is 48.2 Å². The Morgan fingerprint density at radius 2 is 1.96 bits per heavy atom. The predicted octanol–water partition coefficient (Wildman–Crippen LogP) is 4.22. The Bertz CT molecular complexity index is 778. The quantitative estimate of drug-likeness (QED) is 0.559. The van der Waals surface area contributed by atoms with Crippen molar-refractivity contribution in [3.63, 3.8) is 0 Å². The van der Waals surface area contributed by atoms with Crippen LogP contribution in [-0.4, -0.2) is 18.2 Å². The average Bonchev–Trinajstić information content (AvgIpc) is 2.79. The first kappa shape index (κ1) is 19.2. The van der Waals surface area contributed by atoms with E-state index in [0.29, 0.717) is 18.7 Å². The molecule has 27 heavy (non-hydrogen) atoms. The van der Waals surface area contributed by atoms with Gasteiger partial charge in [-0.1, -0.05) is 26.0 Å². The van der Waals surface area contributed by atoms with Crippen LogP contribution in [0.4, 0.5) is 11.4 Å². The Labute approximate surface area is 161 Å². The van der Waals surface area contributed by atoms with E-state index in [1.165, 1.54) is 0 Å². The number of anilines is 2. The molecule has 0 bridgehead atoms. The number of carbonyl (C=O) groups is 2. The van der Waals surface area contributed by atoms with Gasteiger partial charge in [0.1, 0.15) is 0 Å². The van der Waals surface area contributed by atoms with Crippen molar-refractivity contribution < 1.29 is 9.59 Å². The Morgan fingerprint density at radius 3 is 2.67 bits per heavy atom. The summed E-state index contributed by atoms with van der Waals surface area (Å²) in [6.07, 6.45) is 8.73. The van der Waals surface area contributed by atoms with Crippen molar-refractivity contribution in [2.45, 2.75) is 57.8 Å². The predicted molar refractivity (Wildman–Crippen MR) is 110 cm³/mol. The normalized spacial score (nSPS) is 18.6. The Hall–Kier alpha value is -2.56. The number of Topliss-reactive ketones (excluding diaryl/α,β-unsaturated/α-hetero) is 1. The van der Waals surface area contributed by atoms with Crippen LogP contribution in [0.15, 0.2) is 42.6 Å².